The molecule has 0 saturated carbocycles. The Kier molecular flexibility index (Phi) is 6.90. The lowest BCUT2D eigenvalue weighted by molar-refractivity contribution is -0.0335. The van der Waals surface area contributed by atoms with Crippen molar-refractivity contribution in [3.8, 4) is 0 Å². The van der Waals surface area contributed by atoms with Crippen LogP contribution in [0.1, 0.15) is 34.9 Å². The normalized spacial score (nSPS) is 19.3. The first kappa shape index (κ1) is 22.3. The number of halogens is 1. The van der Waals surface area contributed by atoms with Crippen LogP contribution in [-0.4, -0.2) is 36.4 Å². The predicted octanol–water partition coefficient (Wildman–Crippen LogP) is 5.18. The monoisotopic (exact) mass is 462 g/mol. The SMILES string of the molecule is OC(NN1CCOCC1)c1ccc2c(c1)CC/C=C(\c1cccc(F)c1)c1ccccc1S2. The van der Waals surface area contributed by atoms with Crippen molar-refractivity contribution in [1.82, 2.24) is 10.4 Å². The van der Waals surface area contributed by atoms with Gasteiger partial charge in [-0.2, -0.15) is 0 Å². The highest BCUT2D eigenvalue weighted by atomic mass is 32.2. The van der Waals surface area contributed by atoms with Crippen molar-refractivity contribution in [2.24, 2.45) is 0 Å². The molecule has 1 saturated heterocycles. The van der Waals surface area contributed by atoms with Crippen LogP contribution in [0.25, 0.3) is 5.57 Å². The van der Waals surface area contributed by atoms with E-state index in [-0.39, 0.29) is 5.82 Å². The van der Waals surface area contributed by atoms with E-state index in [1.807, 2.05) is 29.3 Å². The Morgan fingerprint density at radius 3 is 2.67 bits per heavy atom. The summed E-state index contributed by atoms with van der Waals surface area (Å²) < 4.78 is 19.4. The minimum Gasteiger partial charge on any atom is -0.379 e. The van der Waals surface area contributed by atoms with Crippen LogP contribution in [-0.2, 0) is 11.2 Å². The molecule has 2 aliphatic rings. The van der Waals surface area contributed by atoms with E-state index in [1.54, 1.807) is 23.9 Å². The van der Waals surface area contributed by atoms with E-state index in [1.165, 1.54) is 16.5 Å². The molecule has 1 atom stereocenters. The zero-order chi connectivity index (χ0) is 22.6. The molecule has 170 valence electrons. The van der Waals surface area contributed by atoms with Crippen LogP contribution in [0, 0.1) is 5.82 Å². The number of aliphatic hydroxyl groups is 1. The van der Waals surface area contributed by atoms with E-state index >= 15 is 0 Å². The quantitative estimate of drug-likeness (QED) is 0.523. The molecule has 0 aliphatic carbocycles. The molecule has 4 nitrogen and oxygen atoms in total. The lowest BCUT2D eigenvalue weighted by Gasteiger charge is -2.30. The largest absolute Gasteiger partial charge is 0.379 e. The number of ether oxygens (including phenoxy) is 1. The maximum absolute atomic E-state index is 14.0. The lowest BCUT2D eigenvalue weighted by atomic mass is 9.95. The Morgan fingerprint density at radius 2 is 1.82 bits per heavy atom. The van der Waals surface area contributed by atoms with Crippen molar-refractivity contribution in [1.29, 1.82) is 0 Å². The van der Waals surface area contributed by atoms with Gasteiger partial charge in [0.05, 0.1) is 13.2 Å². The van der Waals surface area contributed by atoms with Crippen LogP contribution in [0.5, 0.6) is 0 Å². The fourth-order valence-electron chi connectivity index (χ4n) is 4.31. The number of morpholine rings is 1. The highest BCUT2D eigenvalue weighted by Gasteiger charge is 2.19. The van der Waals surface area contributed by atoms with Crippen molar-refractivity contribution in [2.45, 2.75) is 28.9 Å². The summed E-state index contributed by atoms with van der Waals surface area (Å²) in [6, 6.07) is 21.3. The van der Waals surface area contributed by atoms with Crippen molar-refractivity contribution in [2.75, 3.05) is 26.3 Å². The molecular formula is C27H27FN2O2S. The van der Waals surface area contributed by atoms with Gasteiger partial charge in [0, 0.05) is 22.9 Å². The van der Waals surface area contributed by atoms with Gasteiger partial charge in [-0.15, -0.1) is 0 Å². The minimum absolute atomic E-state index is 0.229. The number of hydrogen-bond acceptors (Lipinski definition) is 5. The van der Waals surface area contributed by atoms with Crippen LogP contribution in [0.4, 0.5) is 4.39 Å². The average molecular weight is 463 g/mol. The van der Waals surface area contributed by atoms with Gasteiger partial charge in [0.1, 0.15) is 12.0 Å². The first-order chi connectivity index (χ1) is 16.2. The molecule has 2 aliphatic heterocycles. The molecule has 33 heavy (non-hydrogen) atoms. The van der Waals surface area contributed by atoms with Crippen LogP contribution < -0.4 is 5.43 Å². The summed E-state index contributed by atoms with van der Waals surface area (Å²) >= 11 is 1.73. The van der Waals surface area contributed by atoms with Gasteiger partial charge >= 0.3 is 0 Å². The Balaban J connectivity index is 1.45. The van der Waals surface area contributed by atoms with E-state index in [0.717, 1.165) is 53.1 Å². The van der Waals surface area contributed by atoms with Crippen molar-refractivity contribution < 1.29 is 14.2 Å². The molecule has 0 spiro atoms. The number of rotatable bonds is 4. The highest BCUT2D eigenvalue weighted by molar-refractivity contribution is 7.99. The number of hydrogen-bond donors (Lipinski definition) is 2. The molecule has 0 aromatic heterocycles. The number of nitrogens with zero attached hydrogens (tertiary/aromatic N) is 1. The van der Waals surface area contributed by atoms with Gasteiger partial charge in [-0.05, 0) is 64.9 Å². The second kappa shape index (κ2) is 10.2. The van der Waals surface area contributed by atoms with Crippen molar-refractivity contribution in [3.05, 3.63) is 101 Å². The third kappa shape index (κ3) is 5.21. The molecule has 0 bridgehead atoms. The number of aliphatic hydroxyl groups excluding tert-OH is 1. The molecule has 0 radical (unpaired) electrons. The Hall–Kier alpha value is -2.48. The molecule has 3 aromatic rings. The topological polar surface area (TPSA) is 44.7 Å². The van der Waals surface area contributed by atoms with Gasteiger partial charge in [-0.1, -0.05) is 60.3 Å². The number of hydrazine groups is 1. The van der Waals surface area contributed by atoms with Gasteiger partial charge in [-0.25, -0.2) is 14.8 Å². The van der Waals surface area contributed by atoms with Crippen LogP contribution in [0.2, 0.25) is 0 Å². The molecule has 1 unspecified atom stereocenters. The van der Waals surface area contributed by atoms with E-state index in [2.05, 4.69) is 35.8 Å². The molecule has 2 N–H and O–H groups in total. The summed E-state index contributed by atoms with van der Waals surface area (Å²) in [6.07, 6.45) is 3.10. The standard InChI is InChI=1S/C27H27FN2O2S/c28-22-7-3-5-19(18-22)23-9-4-6-20-17-21(27(31)29-30-13-15-32-16-14-30)11-12-25(20)33-26-10-2-1-8-24(23)26/h1-3,5,7-12,17-18,27,29,31H,4,6,13-16H2/b23-9+. The Morgan fingerprint density at radius 1 is 0.970 bits per heavy atom. The first-order valence-corrected chi connectivity index (χ1v) is 12.1. The van der Waals surface area contributed by atoms with Crippen LogP contribution in [0.15, 0.2) is 82.6 Å². The smallest absolute Gasteiger partial charge is 0.143 e. The molecule has 2 heterocycles. The van der Waals surface area contributed by atoms with Gasteiger partial charge < -0.3 is 9.84 Å². The second-order valence-electron chi connectivity index (χ2n) is 8.26. The number of aryl methyl sites for hydroxylation is 1. The number of benzene rings is 3. The first-order valence-electron chi connectivity index (χ1n) is 11.3. The molecule has 1 fully saturated rings. The van der Waals surface area contributed by atoms with E-state index < -0.39 is 6.23 Å². The zero-order valence-corrected chi connectivity index (χ0v) is 19.2. The third-order valence-electron chi connectivity index (χ3n) is 6.01. The summed E-state index contributed by atoms with van der Waals surface area (Å²) in [4.78, 5) is 2.31. The third-order valence-corrected chi connectivity index (χ3v) is 7.21. The van der Waals surface area contributed by atoms with Gasteiger partial charge in [-0.3, -0.25) is 0 Å². The summed E-state index contributed by atoms with van der Waals surface area (Å²) in [7, 11) is 0. The summed E-state index contributed by atoms with van der Waals surface area (Å²) in [5.41, 5.74) is 8.29. The molecule has 3 aromatic carbocycles. The number of allylic oxidation sites excluding steroid dienone is 1. The highest BCUT2D eigenvalue weighted by Crippen LogP contribution is 2.40. The Bertz CT molecular complexity index is 1160. The fraction of sp³-hybridized carbons (Fsp3) is 0.259. The molecular weight excluding hydrogens is 435 g/mol. The van der Waals surface area contributed by atoms with E-state index in [9.17, 15) is 9.50 Å². The lowest BCUT2D eigenvalue weighted by Crippen LogP contribution is -2.47. The molecule has 0 amide bonds. The maximum atomic E-state index is 14.0. The van der Waals surface area contributed by atoms with Crippen molar-refractivity contribution >= 4 is 17.3 Å². The molecule has 5 rings (SSSR count). The summed E-state index contributed by atoms with van der Waals surface area (Å²) in [5.74, 6) is -0.229. The van der Waals surface area contributed by atoms with Crippen LogP contribution in [0.3, 0.4) is 0 Å². The average Bonchev–Trinajstić information content (AvgIpc) is 2.91. The second-order valence-corrected chi connectivity index (χ2v) is 9.35. The van der Waals surface area contributed by atoms with Crippen molar-refractivity contribution in [3.63, 3.8) is 0 Å². The van der Waals surface area contributed by atoms with E-state index in [4.69, 9.17) is 4.74 Å². The Labute approximate surface area is 198 Å². The van der Waals surface area contributed by atoms with Crippen LogP contribution >= 0.6 is 11.8 Å². The summed E-state index contributed by atoms with van der Waals surface area (Å²) in [5, 5.41) is 12.8. The predicted molar refractivity (Wildman–Crippen MR) is 129 cm³/mol. The van der Waals surface area contributed by atoms with Gasteiger partial charge in [0.2, 0.25) is 0 Å². The number of nitrogens with one attached hydrogen (secondary N) is 1. The molecule has 6 heteroatoms. The minimum atomic E-state index is -0.767. The maximum Gasteiger partial charge on any atom is 0.143 e. The fourth-order valence-corrected chi connectivity index (χ4v) is 5.41. The number of fused-ring (bicyclic) bond motifs is 2. The van der Waals surface area contributed by atoms with E-state index in [0.29, 0.717) is 13.2 Å². The summed E-state index contributed by atoms with van der Waals surface area (Å²) in [6.45, 7) is 2.84. The van der Waals surface area contributed by atoms with Gasteiger partial charge in [0.15, 0.2) is 0 Å². The zero-order valence-electron chi connectivity index (χ0n) is 18.3. The van der Waals surface area contributed by atoms with Gasteiger partial charge in [0.25, 0.3) is 0 Å².